The lowest BCUT2D eigenvalue weighted by Gasteiger charge is -2.39. The van der Waals surface area contributed by atoms with Crippen molar-refractivity contribution in [1.82, 2.24) is 10.2 Å². The summed E-state index contributed by atoms with van der Waals surface area (Å²) in [5.41, 5.74) is -0.432. The van der Waals surface area contributed by atoms with Crippen molar-refractivity contribution in [3.63, 3.8) is 0 Å². The molecule has 0 bridgehead atoms. The van der Waals surface area contributed by atoms with Crippen LogP contribution in [0.3, 0.4) is 0 Å². The van der Waals surface area contributed by atoms with Crippen LogP contribution in [-0.2, 0) is 9.47 Å². The van der Waals surface area contributed by atoms with Gasteiger partial charge in [-0.1, -0.05) is 0 Å². The molecule has 5 nitrogen and oxygen atoms in total. The summed E-state index contributed by atoms with van der Waals surface area (Å²) >= 11 is 0. The van der Waals surface area contributed by atoms with Gasteiger partial charge in [-0.05, 0) is 40.0 Å². The molecule has 2 aliphatic rings. The maximum absolute atomic E-state index is 12.1. The van der Waals surface area contributed by atoms with Gasteiger partial charge in [0, 0.05) is 26.2 Å². The van der Waals surface area contributed by atoms with Gasteiger partial charge in [0.2, 0.25) is 0 Å². The van der Waals surface area contributed by atoms with Crippen LogP contribution in [0.25, 0.3) is 0 Å². The summed E-state index contributed by atoms with van der Waals surface area (Å²) in [4.78, 5) is 13.9. The van der Waals surface area contributed by atoms with Gasteiger partial charge in [0.1, 0.15) is 5.60 Å². The lowest BCUT2D eigenvalue weighted by molar-refractivity contribution is -0.0281. The monoisotopic (exact) mass is 270 g/mol. The van der Waals surface area contributed by atoms with Crippen LogP contribution >= 0.6 is 0 Å². The predicted octanol–water partition coefficient (Wildman–Crippen LogP) is 1.76. The van der Waals surface area contributed by atoms with E-state index in [-0.39, 0.29) is 18.2 Å². The molecule has 1 amide bonds. The molecule has 2 atom stereocenters. The molecule has 0 aromatic rings. The Labute approximate surface area is 115 Å². The molecule has 0 radical (unpaired) electrons. The summed E-state index contributed by atoms with van der Waals surface area (Å²) in [6.45, 7) is 8.73. The fraction of sp³-hybridized carbons (Fsp3) is 0.929. The molecule has 0 aromatic heterocycles. The van der Waals surface area contributed by atoms with E-state index in [4.69, 9.17) is 9.47 Å². The van der Waals surface area contributed by atoms with Gasteiger partial charge in [-0.15, -0.1) is 0 Å². The van der Waals surface area contributed by atoms with Crippen LogP contribution in [0.2, 0.25) is 0 Å². The maximum atomic E-state index is 12.1. The molecule has 1 N–H and O–H groups in total. The van der Waals surface area contributed by atoms with Gasteiger partial charge < -0.3 is 19.7 Å². The molecule has 2 aliphatic heterocycles. The highest BCUT2D eigenvalue weighted by molar-refractivity contribution is 5.68. The molecule has 0 spiro atoms. The Morgan fingerprint density at radius 3 is 2.79 bits per heavy atom. The summed E-state index contributed by atoms with van der Waals surface area (Å²) in [6, 6.07) is 0.238. The van der Waals surface area contributed by atoms with Crippen molar-refractivity contribution < 1.29 is 14.3 Å². The zero-order valence-electron chi connectivity index (χ0n) is 12.3. The Balaban J connectivity index is 1.87. The zero-order chi connectivity index (χ0) is 13.9. The number of carbonyl (C=O) groups is 1. The van der Waals surface area contributed by atoms with Crippen molar-refractivity contribution in [1.29, 1.82) is 0 Å². The van der Waals surface area contributed by atoms with Crippen LogP contribution < -0.4 is 5.32 Å². The van der Waals surface area contributed by atoms with Gasteiger partial charge in [0.25, 0.3) is 0 Å². The maximum Gasteiger partial charge on any atom is 0.410 e. The third kappa shape index (κ3) is 4.35. The number of nitrogens with one attached hydrogen (secondary N) is 1. The fourth-order valence-corrected chi connectivity index (χ4v) is 2.60. The highest BCUT2D eigenvalue weighted by Gasteiger charge is 2.32. The molecule has 5 heteroatoms. The SMILES string of the molecule is CC(C)(C)OC(=O)N1CCNC(C2CCCCO2)C1. The first-order chi connectivity index (χ1) is 8.96. The first-order valence-corrected chi connectivity index (χ1v) is 7.28. The van der Waals surface area contributed by atoms with Crippen molar-refractivity contribution in [2.75, 3.05) is 26.2 Å². The van der Waals surface area contributed by atoms with Crippen molar-refractivity contribution in [3.05, 3.63) is 0 Å². The van der Waals surface area contributed by atoms with Gasteiger partial charge in [-0.2, -0.15) is 0 Å². The van der Waals surface area contributed by atoms with Crippen LogP contribution in [0.1, 0.15) is 40.0 Å². The first kappa shape index (κ1) is 14.6. The number of piperazine rings is 1. The summed E-state index contributed by atoms with van der Waals surface area (Å²) < 4.78 is 11.2. The largest absolute Gasteiger partial charge is 0.444 e. The van der Waals surface area contributed by atoms with E-state index in [1.54, 1.807) is 4.90 Å². The lowest BCUT2D eigenvalue weighted by Crippen LogP contribution is -2.58. The Bertz CT molecular complexity index is 308. The average molecular weight is 270 g/mol. The average Bonchev–Trinajstić information content (AvgIpc) is 2.38. The Hall–Kier alpha value is -0.810. The molecule has 2 fully saturated rings. The Morgan fingerprint density at radius 2 is 2.16 bits per heavy atom. The van der Waals surface area contributed by atoms with Crippen LogP contribution in [0.15, 0.2) is 0 Å². The van der Waals surface area contributed by atoms with Crippen LogP contribution in [-0.4, -0.2) is 55.0 Å². The third-order valence-electron chi connectivity index (χ3n) is 3.52. The van der Waals surface area contributed by atoms with Crippen LogP contribution in [0.5, 0.6) is 0 Å². The molecule has 0 saturated carbocycles. The fourth-order valence-electron chi connectivity index (χ4n) is 2.60. The summed E-state index contributed by atoms with van der Waals surface area (Å²) in [5, 5.41) is 3.46. The van der Waals surface area contributed by atoms with E-state index in [9.17, 15) is 4.79 Å². The van der Waals surface area contributed by atoms with Crippen molar-refractivity contribution in [2.45, 2.75) is 57.8 Å². The highest BCUT2D eigenvalue weighted by atomic mass is 16.6. The van der Waals surface area contributed by atoms with Crippen molar-refractivity contribution >= 4 is 6.09 Å². The van der Waals surface area contributed by atoms with Crippen LogP contribution in [0.4, 0.5) is 4.79 Å². The quantitative estimate of drug-likeness (QED) is 0.789. The smallest absolute Gasteiger partial charge is 0.410 e. The number of hydrogen-bond acceptors (Lipinski definition) is 4. The molecular formula is C14H26N2O3. The van der Waals surface area contributed by atoms with Gasteiger partial charge in [0.05, 0.1) is 12.1 Å². The molecule has 19 heavy (non-hydrogen) atoms. The number of hydrogen-bond donors (Lipinski definition) is 1. The Kier molecular flexibility index (Phi) is 4.68. The predicted molar refractivity (Wildman–Crippen MR) is 73.2 cm³/mol. The second-order valence-corrected chi connectivity index (χ2v) is 6.39. The van der Waals surface area contributed by atoms with Gasteiger partial charge in [-0.25, -0.2) is 4.79 Å². The topological polar surface area (TPSA) is 50.8 Å². The normalized spacial score (nSPS) is 29.1. The standard InChI is InChI=1S/C14H26N2O3/c1-14(2,3)19-13(17)16-8-7-15-11(10-16)12-6-4-5-9-18-12/h11-12,15H,4-10H2,1-3H3. The van der Waals surface area contributed by atoms with E-state index < -0.39 is 5.60 Å². The highest BCUT2D eigenvalue weighted by Crippen LogP contribution is 2.19. The molecule has 0 aliphatic carbocycles. The molecule has 2 heterocycles. The van der Waals surface area contributed by atoms with Crippen molar-refractivity contribution in [3.8, 4) is 0 Å². The third-order valence-corrected chi connectivity index (χ3v) is 3.52. The molecule has 2 rings (SSSR count). The Morgan fingerprint density at radius 1 is 1.37 bits per heavy atom. The second-order valence-electron chi connectivity index (χ2n) is 6.39. The van der Waals surface area contributed by atoms with E-state index in [0.29, 0.717) is 13.1 Å². The van der Waals surface area contributed by atoms with Gasteiger partial charge in [-0.3, -0.25) is 0 Å². The molecule has 0 aromatic carbocycles. The molecule has 2 unspecified atom stereocenters. The number of nitrogens with zero attached hydrogens (tertiary/aromatic N) is 1. The van der Waals surface area contributed by atoms with E-state index in [1.165, 1.54) is 6.42 Å². The minimum Gasteiger partial charge on any atom is -0.444 e. The summed E-state index contributed by atoms with van der Waals surface area (Å²) in [5.74, 6) is 0. The van der Waals surface area contributed by atoms with Crippen LogP contribution in [0, 0.1) is 0 Å². The number of carbonyl (C=O) groups excluding carboxylic acids is 1. The van der Waals surface area contributed by atoms with E-state index in [0.717, 1.165) is 26.0 Å². The first-order valence-electron chi connectivity index (χ1n) is 7.28. The molecule has 2 saturated heterocycles. The van der Waals surface area contributed by atoms with E-state index in [1.807, 2.05) is 20.8 Å². The second kappa shape index (κ2) is 6.09. The lowest BCUT2D eigenvalue weighted by atomic mass is 10.0. The number of ether oxygens (including phenoxy) is 2. The number of rotatable bonds is 1. The van der Waals surface area contributed by atoms with Crippen molar-refractivity contribution in [2.24, 2.45) is 0 Å². The van der Waals surface area contributed by atoms with Gasteiger partial charge in [0.15, 0.2) is 0 Å². The minimum atomic E-state index is -0.432. The molecule has 110 valence electrons. The summed E-state index contributed by atoms with van der Waals surface area (Å²) in [6.07, 6.45) is 3.47. The van der Waals surface area contributed by atoms with Gasteiger partial charge >= 0.3 is 6.09 Å². The van der Waals surface area contributed by atoms with E-state index >= 15 is 0 Å². The zero-order valence-corrected chi connectivity index (χ0v) is 12.3. The summed E-state index contributed by atoms with van der Waals surface area (Å²) in [7, 11) is 0. The minimum absolute atomic E-state index is 0.213. The molecular weight excluding hydrogens is 244 g/mol. The van der Waals surface area contributed by atoms with E-state index in [2.05, 4.69) is 5.32 Å². The number of amides is 1.